The highest BCUT2D eigenvalue weighted by Gasteiger charge is 2.49. The van der Waals surface area contributed by atoms with Crippen LogP contribution in [0.4, 0.5) is 0 Å². The van der Waals surface area contributed by atoms with Crippen molar-refractivity contribution in [1.29, 1.82) is 0 Å². The molecule has 0 radical (unpaired) electrons. The Morgan fingerprint density at radius 2 is 2.10 bits per heavy atom. The van der Waals surface area contributed by atoms with Crippen LogP contribution in [0.25, 0.3) is 9.75 Å². The predicted octanol–water partition coefficient (Wildman–Crippen LogP) is 4.24. The Bertz CT molecular complexity index is 931. The van der Waals surface area contributed by atoms with Gasteiger partial charge in [0.25, 0.3) is 0 Å². The minimum atomic E-state index is -3.47. The van der Waals surface area contributed by atoms with Crippen molar-refractivity contribution in [3.63, 3.8) is 0 Å². The van der Waals surface area contributed by atoms with E-state index < -0.39 is 26.8 Å². The molecule has 4 rings (SSSR count). The first-order chi connectivity index (χ1) is 14.0. The Hall–Kier alpha value is -1.26. The number of nitrogens with one attached hydrogen (secondary N) is 1. The summed E-state index contributed by atoms with van der Waals surface area (Å²) in [5.41, 5.74) is 2.44. The molecule has 2 atom stereocenters. The lowest BCUT2D eigenvalue weighted by molar-refractivity contribution is -0.200. The number of hydroxylamine groups is 1. The van der Waals surface area contributed by atoms with Gasteiger partial charge in [-0.2, -0.15) is 0 Å². The molecule has 2 aliphatic rings. The van der Waals surface area contributed by atoms with Crippen LogP contribution >= 0.6 is 22.7 Å². The van der Waals surface area contributed by atoms with Crippen molar-refractivity contribution in [2.75, 3.05) is 12.4 Å². The molecule has 9 heteroatoms. The molecule has 2 saturated heterocycles. The molecule has 2 aromatic rings. The average Bonchev–Trinajstić information content (AvgIpc) is 3.40. The summed E-state index contributed by atoms with van der Waals surface area (Å²) in [5.74, 6) is -0.310. The second kappa shape index (κ2) is 8.85. The van der Waals surface area contributed by atoms with E-state index in [0.717, 1.165) is 40.3 Å². The first-order valence-electron chi connectivity index (χ1n) is 9.93. The van der Waals surface area contributed by atoms with Crippen LogP contribution in [0.15, 0.2) is 29.6 Å². The lowest BCUT2D eigenvalue weighted by Gasteiger charge is -2.35. The lowest BCUT2D eigenvalue weighted by Crippen LogP contribution is -2.45. The van der Waals surface area contributed by atoms with Gasteiger partial charge < -0.3 is 4.74 Å². The van der Waals surface area contributed by atoms with Crippen LogP contribution in [0.2, 0.25) is 0 Å². The van der Waals surface area contributed by atoms with Crippen LogP contribution in [0.5, 0.6) is 0 Å². The summed E-state index contributed by atoms with van der Waals surface area (Å²) in [7, 11) is -3.47. The Morgan fingerprint density at radius 3 is 2.83 bits per heavy atom. The van der Waals surface area contributed by atoms with E-state index in [-0.39, 0.29) is 12.2 Å². The van der Waals surface area contributed by atoms with Crippen molar-refractivity contribution in [2.24, 2.45) is 0 Å². The summed E-state index contributed by atoms with van der Waals surface area (Å²) in [4.78, 5) is 21.0. The summed E-state index contributed by atoms with van der Waals surface area (Å²) in [6.07, 6.45) is 3.98. The van der Waals surface area contributed by atoms with Crippen LogP contribution in [0.3, 0.4) is 0 Å². The van der Waals surface area contributed by atoms with Crippen molar-refractivity contribution in [3.05, 3.63) is 34.5 Å². The normalized spacial score (nSPS) is 26.8. The Morgan fingerprint density at radius 1 is 1.21 bits per heavy atom. The van der Waals surface area contributed by atoms with Crippen LogP contribution in [0, 0.1) is 0 Å². The zero-order valence-corrected chi connectivity index (χ0v) is 18.5. The van der Waals surface area contributed by atoms with E-state index in [4.69, 9.17) is 9.57 Å². The molecule has 1 unspecified atom stereocenters. The molecule has 158 valence electrons. The number of ether oxygens (including phenoxy) is 1. The van der Waals surface area contributed by atoms with Gasteiger partial charge in [0.15, 0.2) is 16.1 Å². The topological polar surface area (TPSA) is 81.7 Å². The molecule has 2 aliphatic heterocycles. The molecule has 2 aromatic heterocycles. The summed E-state index contributed by atoms with van der Waals surface area (Å²) in [5, 5.41) is 2.00. The van der Waals surface area contributed by atoms with E-state index in [1.165, 1.54) is 11.3 Å². The smallest absolute Gasteiger partial charge is 0.245 e. The van der Waals surface area contributed by atoms with E-state index in [9.17, 15) is 13.2 Å². The van der Waals surface area contributed by atoms with Crippen LogP contribution in [-0.2, 0) is 29.0 Å². The third-order valence-electron chi connectivity index (χ3n) is 5.55. The first kappa shape index (κ1) is 21.0. The van der Waals surface area contributed by atoms with Crippen molar-refractivity contribution in [1.82, 2.24) is 5.48 Å². The Kier molecular flexibility index (Phi) is 6.41. The molecular weight excluding hydrogens is 430 g/mol. The summed E-state index contributed by atoms with van der Waals surface area (Å²) in [6.45, 7) is 0.611. The van der Waals surface area contributed by atoms with Crippen LogP contribution < -0.4 is 5.48 Å². The molecule has 4 heterocycles. The lowest BCUT2D eigenvalue weighted by atomic mass is 9.94. The third kappa shape index (κ3) is 4.44. The number of sulfone groups is 1. The number of hydrogen-bond acceptors (Lipinski definition) is 7. The minimum Gasteiger partial charge on any atom is -0.350 e. The molecule has 6 nitrogen and oxygen atoms in total. The fourth-order valence-corrected chi connectivity index (χ4v) is 8.59. The van der Waals surface area contributed by atoms with E-state index >= 15 is 0 Å². The van der Waals surface area contributed by atoms with Gasteiger partial charge in [-0.05, 0) is 49.3 Å². The van der Waals surface area contributed by atoms with Crippen molar-refractivity contribution in [2.45, 2.75) is 56.0 Å². The maximum absolute atomic E-state index is 13.2. The van der Waals surface area contributed by atoms with E-state index in [0.29, 0.717) is 19.4 Å². The van der Waals surface area contributed by atoms with E-state index in [2.05, 4.69) is 5.48 Å². The fraction of sp³-hybridized carbons (Fsp3) is 0.550. The SMILES string of the molecule is O=C(C[C@]1(c2ccc(-c3cccs3)s2)CCCCS1(=O)=O)NOC1CCCCO1. The third-order valence-corrected chi connectivity index (χ3v) is 10.6. The number of rotatable bonds is 6. The van der Waals surface area contributed by atoms with Crippen LogP contribution in [0.1, 0.15) is 49.8 Å². The van der Waals surface area contributed by atoms with Crippen molar-refractivity contribution < 1.29 is 22.8 Å². The molecule has 2 fully saturated rings. The van der Waals surface area contributed by atoms with Crippen molar-refractivity contribution >= 4 is 38.4 Å². The number of amides is 1. The predicted molar refractivity (Wildman–Crippen MR) is 114 cm³/mol. The van der Waals surface area contributed by atoms with Gasteiger partial charge in [-0.3, -0.25) is 4.79 Å². The largest absolute Gasteiger partial charge is 0.350 e. The maximum Gasteiger partial charge on any atom is 0.245 e. The van der Waals surface area contributed by atoms with E-state index in [1.54, 1.807) is 11.3 Å². The monoisotopic (exact) mass is 455 g/mol. The first-order valence-corrected chi connectivity index (χ1v) is 13.3. The zero-order chi connectivity index (χ0) is 20.3. The Labute approximate surface area is 179 Å². The van der Waals surface area contributed by atoms with Crippen molar-refractivity contribution in [3.8, 4) is 9.75 Å². The molecule has 0 bridgehead atoms. The molecule has 0 aromatic carbocycles. The van der Waals surface area contributed by atoms with Gasteiger partial charge in [-0.15, -0.1) is 22.7 Å². The van der Waals surface area contributed by atoms with E-state index in [1.807, 2.05) is 29.6 Å². The number of thiophene rings is 2. The zero-order valence-electron chi connectivity index (χ0n) is 16.1. The van der Waals surface area contributed by atoms with Gasteiger partial charge in [0, 0.05) is 27.7 Å². The van der Waals surface area contributed by atoms with Crippen LogP contribution in [-0.4, -0.2) is 33.0 Å². The minimum absolute atomic E-state index is 0.110. The molecule has 29 heavy (non-hydrogen) atoms. The molecule has 1 N–H and O–H groups in total. The number of carbonyl (C=O) groups excluding carboxylic acids is 1. The van der Waals surface area contributed by atoms with Gasteiger partial charge in [0.2, 0.25) is 5.91 Å². The summed E-state index contributed by atoms with van der Waals surface area (Å²) < 4.78 is 30.7. The molecular formula is C20H25NO5S3. The highest BCUT2D eigenvalue weighted by molar-refractivity contribution is 7.92. The second-order valence-corrected chi connectivity index (χ2v) is 12.0. The molecule has 1 amide bonds. The highest BCUT2D eigenvalue weighted by Crippen LogP contribution is 2.47. The maximum atomic E-state index is 13.2. The summed E-state index contributed by atoms with van der Waals surface area (Å²) >= 11 is 3.09. The van der Waals surface area contributed by atoms with Gasteiger partial charge in [-0.25, -0.2) is 18.7 Å². The van der Waals surface area contributed by atoms with Gasteiger partial charge >= 0.3 is 0 Å². The quantitative estimate of drug-likeness (QED) is 0.659. The fourth-order valence-electron chi connectivity index (χ4n) is 3.98. The Balaban J connectivity index is 1.56. The summed E-state index contributed by atoms with van der Waals surface area (Å²) in [6, 6.07) is 7.83. The molecule has 0 spiro atoms. The highest BCUT2D eigenvalue weighted by atomic mass is 32.2. The average molecular weight is 456 g/mol. The van der Waals surface area contributed by atoms with Gasteiger partial charge in [0.05, 0.1) is 12.2 Å². The van der Waals surface area contributed by atoms with Gasteiger partial charge in [-0.1, -0.05) is 12.5 Å². The second-order valence-electron chi connectivity index (χ2n) is 7.53. The number of hydrogen-bond donors (Lipinski definition) is 1. The standard InChI is InChI=1S/C20H25NO5S3/c22-18(21-26-19-7-1-3-11-25-19)14-20(10-2-4-13-29(20,23)24)17-9-8-16(28-17)15-6-5-12-27-15/h5-6,8-9,12,19H,1-4,7,10-11,13-14H2,(H,21,22)/t19?,20-/m0/s1. The van der Waals surface area contributed by atoms with Gasteiger partial charge in [0.1, 0.15) is 4.75 Å². The number of carbonyl (C=O) groups is 1. The molecule has 0 aliphatic carbocycles. The molecule has 0 saturated carbocycles.